The molecular weight excluding hydrogens is 359 g/mol. The average Bonchev–Trinajstić information content (AvgIpc) is 2.66. The summed E-state index contributed by atoms with van der Waals surface area (Å²) in [7, 11) is 0. The molecule has 2 heteroatoms. The normalized spacial score (nSPS) is 20.6. The van der Waals surface area contributed by atoms with Crippen LogP contribution in [0.4, 0.5) is 4.39 Å². The molecule has 1 fully saturated rings. The number of allylic oxidation sites excluding steroid dienone is 1. The molecule has 29 heavy (non-hydrogen) atoms. The van der Waals surface area contributed by atoms with Crippen molar-refractivity contribution in [3.05, 3.63) is 12.2 Å². The van der Waals surface area contributed by atoms with Crippen molar-refractivity contribution in [3.63, 3.8) is 0 Å². The Morgan fingerprint density at radius 2 is 1.41 bits per heavy atom. The Bertz CT molecular complexity index is 342. The maximum absolute atomic E-state index is 13.5. The van der Waals surface area contributed by atoms with E-state index in [1.54, 1.807) is 0 Å². The van der Waals surface area contributed by atoms with E-state index in [1.807, 2.05) is 6.92 Å². The minimum atomic E-state index is -0.613. The van der Waals surface area contributed by atoms with E-state index in [-0.39, 0.29) is 14.0 Å². The zero-order valence-electron chi connectivity index (χ0n) is 20.6. The predicted molar refractivity (Wildman–Crippen MR) is 132 cm³/mol. The Kier molecular flexibility index (Phi) is 24.0. The van der Waals surface area contributed by atoms with E-state index < -0.39 is 6.17 Å². The number of hydrogen-bond acceptors (Lipinski definition) is 1. The van der Waals surface area contributed by atoms with Crippen LogP contribution in [0.15, 0.2) is 12.2 Å². The van der Waals surface area contributed by atoms with Crippen molar-refractivity contribution in [2.24, 2.45) is 29.6 Å². The minimum absolute atomic E-state index is 0. The van der Waals surface area contributed by atoms with Gasteiger partial charge in [0, 0.05) is 6.61 Å². The van der Waals surface area contributed by atoms with Crippen LogP contribution in [0.2, 0.25) is 0 Å². The lowest BCUT2D eigenvalue weighted by molar-refractivity contribution is 0.195. The average molecular weight is 417 g/mol. The smallest absolute Gasteiger partial charge is 0.100 e. The van der Waals surface area contributed by atoms with Crippen LogP contribution in [0.1, 0.15) is 121 Å². The van der Waals surface area contributed by atoms with Gasteiger partial charge in [0.15, 0.2) is 0 Å². The van der Waals surface area contributed by atoms with E-state index in [0.29, 0.717) is 30.1 Å². The summed E-state index contributed by atoms with van der Waals surface area (Å²) in [6.07, 6.45) is 8.79. The summed E-state index contributed by atoms with van der Waals surface area (Å²) < 4.78 is 13.5. The molecule has 0 heterocycles. The number of rotatable bonds is 9. The van der Waals surface area contributed by atoms with Crippen LogP contribution in [0.5, 0.6) is 0 Å². The minimum Gasteiger partial charge on any atom is -0.396 e. The fourth-order valence-electron chi connectivity index (χ4n) is 3.69. The molecular formula is C27H57FO. The highest BCUT2D eigenvalue weighted by Gasteiger charge is 2.28. The molecule has 0 saturated heterocycles. The van der Waals surface area contributed by atoms with Crippen LogP contribution >= 0.6 is 0 Å². The van der Waals surface area contributed by atoms with Crippen molar-refractivity contribution in [1.82, 2.24) is 0 Å². The first-order valence-electron chi connectivity index (χ1n) is 12.1. The van der Waals surface area contributed by atoms with Gasteiger partial charge in [-0.05, 0) is 74.5 Å². The zero-order chi connectivity index (χ0) is 22.1. The number of alkyl halides is 1. The second kappa shape index (κ2) is 20.9. The first-order chi connectivity index (χ1) is 13.2. The van der Waals surface area contributed by atoms with E-state index in [0.717, 1.165) is 44.4 Å². The molecule has 0 spiro atoms. The topological polar surface area (TPSA) is 20.2 Å². The molecule has 1 nitrogen and oxygen atoms in total. The van der Waals surface area contributed by atoms with Crippen molar-refractivity contribution in [3.8, 4) is 0 Å². The van der Waals surface area contributed by atoms with E-state index in [1.165, 1.54) is 18.4 Å². The third-order valence-electron chi connectivity index (χ3n) is 5.94. The van der Waals surface area contributed by atoms with Crippen LogP contribution in [-0.2, 0) is 0 Å². The van der Waals surface area contributed by atoms with Gasteiger partial charge < -0.3 is 5.11 Å². The van der Waals surface area contributed by atoms with Gasteiger partial charge in [-0.3, -0.25) is 0 Å². The van der Waals surface area contributed by atoms with Gasteiger partial charge in [-0.15, -0.1) is 0 Å². The van der Waals surface area contributed by atoms with Crippen molar-refractivity contribution >= 4 is 0 Å². The molecule has 1 saturated carbocycles. The summed E-state index contributed by atoms with van der Waals surface area (Å²) in [5.41, 5.74) is 1.33. The molecule has 1 N–H and O–H groups in total. The highest BCUT2D eigenvalue weighted by atomic mass is 19.1. The van der Waals surface area contributed by atoms with Gasteiger partial charge in [0.1, 0.15) is 6.17 Å². The highest BCUT2D eigenvalue weighted by molar-refractivity contribution is 5.08. The first-order valence-corrected chi connectivity index (χ1v) is 12.1. The monoisotopic (exact) mass is 416 g/mol. The maximum atomic E-state index is 13.5. The maximum Gasteiger partial charge on any atom is 0.100 e. The van der Waals surface area contributed by atoms with Crippen molar-refractivity contribution in [2.75, 3.05) is 6.61 Å². The Balaban J connectivity index is -0.000000641. The van der Waals surface area contributed by atoms with E-state index in [4.69, 9.17) is 0 Å². The number of halogens is 1. The van der Waals surface area contributed by atoms with Crippen LogP contribution in [0.25, 0.3) is 0 Å². The SMILES string of the molecule is C.C=C(C1CCC(CC(F)CC)CC1)[C@H](CCO)C(C)C.CCC.CCC(C)C. The summed E-state index contributed by atoms with van der Waals surface area (Å²) >= 11 is 0. The quantitative estimate of drug-likeness (QED) is 0.371. The van der Waals surface area contributed by atoms with Gasteiger partial charge in [0.05, 0.1) is 0 Å². The fraction of sp³-hybridized carbons (Fsp3) is 0.926. The Morgan fingerprint density at radius 1 is 0.966 bits per heavy atom. The van der Waals surface area contributed by atoms with Crippen LogP contribution in [0.3, 0.4) is 0 Å². The summed E-state index contributed by atoms with van der Waals surface area (Å²) in [4.78, 5) is 0. The standard InChI is InChI=1S/C18H33FO.C5H12.C3H8.CH4/c1-5-17(19)12-15-6-8-16(9-7-15)14(4)18(10-11-20)13(2)3;1-4-5(2)3;1-3-2;/h13,15-18,20H,4-12H2,1-3H3;5H,4H2,1-3H3;3H2,1-2H3;1H4/t15?,16?,17?,18-;;;/m1.../s1. The lowest BCUT2D eigenvalue weighted by Gasteiger charge is -2.34. The molecule has 1 aliphatic carbocycles. The van der Waals surface area contributed by atoms with Crippen LogP contribution in [0, 0.1) is 29.6 Å². The van der Waals surface area contributed by atoms with Crippen LogP contribution < -0.4 is 0 Å². The first kappa shape index (κ1) is 33.3. The molecule has 0 amide bonds. The largest absolute Gasteiger partial charge is 0.396 e. The molecule has 0 aromatic rings. The lowest BCUT2D eigenvalue weighted by Crippen LogP contribution is -2.24. The molecule has 178 valence electrons. The van der Waals surface area contributed by atoms with Crippen molar-refractivity contribution in [2.45, 2.75) is 127 Å². The zero-order valence-corrected chi connectivity index (χ0v) is 20.6. The summed E-state index contributed by atoms with van der Waals surface area (Å²) in [6.45, 7) is 21.8. The summed E-state index contributed by atoms with van der Waals surface area (Å²) in [6, 6.07) is 0. The molecule has 1 aliphatic rings. The van der Waals surface area contributed by atoms with Gasteiger partial charge in [-0.2, -0.15) is 0 Å². The van der Waals surface area contributed by atoms with Gasteiger partial charge in [-0.25, -0.2) is 4.39 Å². The second-order valence-corrected chi connectivity index (χ2v) is 9.41. The van der Waals surface area contributed by atoms with E-state index >= 15 is 0 Å². The van der Waals surface area contributed by atoms with Crippen molar-refractivity contribution < 1.29 is 9.50 Å². The molecule has 1 rings (SSSR count). The number of hydrogen-bond donors (Lipinski definition) is 1. The van der Waals surface area contributed by atoms with Gasteiger partial charge in [0.25, 0.3) is 0 Å². The predicted octanol–water partition coefficient (Wildman–Crippen LogP) is 9.25. The molecule has 0 radical (unpaired) electrons. The third-order valence-corrected chi connectivity index (χ3v) is 5.94. The Hall–Kier alpha value is -0.370. The molecule has 0 bridgehead atoms. The molecule has 0 aromatic heterocycles. The number of aliphatic hydroxyl groups is 1. The van der Waals surface area contributed by atoms with Crippen LogP contribution in [-0.4, -0.2) is 17.9 Å². The Morgan fingerprint density at radius 3 is 1.72 bits per heavy atom. The molecule has 2 atom stereocenters. The molecule has 0 aliphatic heterocycles. The lowest BCUT2D eigenvalue weighted by atomic mass is 9.71. The number of aliphatic hydroxyl groups excluding tert-OH is 1. The van der Waals surface area contributed by atoms with E-state index in [9.17, 15) is 9.50 Å². The molecule has 0 aromatic carbocycles. The summed E-state index contributed by atoms with van der Waals surface area (Å²) in [5.74, 6) is 3.03. The second-order valence-electron chi connectivity index (χ2n) is 9.41. The Labute approximate surface area is 185 Å². The summed E-state index contributed by atoms with van der Waals surface area (Å²) in [5, 5.41) is 9.22. The molecule has 1 unspecified atom stereocenters. The highest BCUT2D eigenvalue weighted by Crippen LogP contribution is 2.40. The van der Waals surface area contributed by atoms with Crippen molar-refractivity contribution in [1.29, 1.82) is 0 Å². The van der Waals surface area contributed by atoms with Gasteiger partial charge >= 0.3 is 0 Å². The fourth-order valence-corrected chi connectivity index (χ4v) is 3.69. The van der Waals surface area contributed by atoms with E-state index in [2.05, 4.69) is 55.0 Å². The van der Waals surface area contributed by atoms with Gasteiger partial charge in [-0.1, -0.05) is 87.8 Å². The van der Waals surface area contributed by atoms with Gasteiger partial charge in [0.2, 0.25) is 0 Å². The third kappa shape index (κ3) is 17.0.